The minimum Gasteiger partial charge on any atom is -0.505 e. The topological polar surface area (TPSA) is 138 Å². The van der Waals surface area contributed by atoms with E-state index in [-0.39, 0.29) is 22.0 Å². The van der Waals surface area contributed by atoms with Gasteiger partial charge in [0.1, 0.15) is 16.3 Å². The first kappa shape index (κ1) is 26.4. The summed E-state index contributed by atoms with van der Waals surface area (Å²) < 4.78 is 38.0. The molecule has 4 aromatic rings. The van der Waals surface area contributed by atoms with E-state index in [1.807, 2.05) is 0 Å². The predicted octanol–water partition coefficient (Wildman–Crippen LogP) is 7.08. The molecule has 0 heterocycles. The SMILES string of the molecule is COc1cc(Cl)ccc1NC(=O)c1cc2ccccc2c(N=Nc2cc(S(=O)(=O)O)c(Cl)cc2C)c1O. The number of amides is 1. The molecule has 0 saturated heterocycles. The van der Waals surface area contributed by atoms with E-state index in [1.54, 1.807) is 43.3 Å². The van der Waals surface area contributed by atoms with E-state index in [0.29, 0.717) is 32.8 Å². The molecule has 1 amide bonds. The molecule has 4 aromatic carbocycles. The number of carbonyl (C=O) groups is 1. The Morgan fingerprint density at radius 2 is 1.76 bits per heavy atom. The van der Waals surface area contributed by atoms with Crippen molar-refractivity contribution < 1.29 is 27.6 Å². The molecule has 0 spiro atoms. The number of anilines is 1. The van der Waals surface area contributed by atoms with Gasteiger partial charge >= 0.3 is 0 Å². The number of phenolic OH excluding ortho intramolecular Hbond substituents is 1. The van der Waals surface area contributed by atoms with Gasteiger partial charge in [-0.2, -0.15) is 13.5 Å². The molecule has 3 N–H and O–H groups in total. The third-order valence-electron chi connectivity index (χ3n) is 5.44. The number of aryl methyl sites for hydroxylation is 1. The maximum atomic E-state index is 13.2. The van der Waals surface area contributed by atoms with E-state index in [4.69, 9.17) is 27.9 Å². The summed E-state index contributed by atoms with van der Waals surface area (Å²) in [7, 11) is -3.18. The van der Waals surface area contributed by atoms with Crippen LogP contribution in [0, 0.1) is 6.92 Å². The van der Waals surface area contributed by atoms with Crippen molar-refractivity contribution in [2.24, 2.45) is 10.2 Å². The van der Waals surface area contributed by atoms with E-state index in [1.165, 1.54) is 25.3 Å². The van der Waals surface area contributed by atoms with Crippen molar-refractivity contribution in [3.8, 4) is 11.5 Å². The quantitative estimate of drug-likeness (QED) is 0.170. The molecular weight excluding hydrogens is 541 g/mol. The molecule has 0 aliphatic rings. The maximum absolute atomic E-state index is 13.2. The average molecular weight is 560 g/mol. The Morgan fingerprint density at radius 3 is 2.46 bits per heavy atom. The number of azo groups is 1. The van der Waals surface area contributed by atoms with E-state index in [9.17, 15) is 22.9 Å². The van der Waals surface area contributed by atoms with Gasteiger partial charge < -0.3 is 15.2 Å². The van der Waals surface area contributed by atoms with Crippen LogP contribution in [0.2, 0.25) is 10.0 Å². The van der Waals surface area contributed by atoms with Crippen LogP contribution in [-0.2, 0) is 10.1 Å². The average Bonchev–Trinajstić information content (AvgIpc) is 2.84. The Bertz CT molecular complexity index is 1690. The number of phenols is 1. The van der Waals surface area contributed by atoms with Gasteiger partial charge in [0.15, 0.2) is 5.75 Å². The number of nitrogens with one attached hydrogen (secondary N) is 1. The van der Waals surface area contributed by atoms with Gasteiger partial charge in [-0.15, -0.1) is 5.11 Å². The zero-order valence-electron chi connectivity index (χ0n) is 19.4. The second kappa shape index (κ2) is 10.3. The molecule has 0 aliphatic carbocycles. The standard InChI is InChI=1S/C25H19Cl2N3O6S/c1-13-9-18(27)22(37(33,34)35)12-20(13)29-30-23-16-6-4-3-5-14(16)10-17(24(23)31)25(32)28-19-8-7-15(26)11-21(19)36-2/h3-12,31H,1-2H3,(H,28,32)(H,33,34,35). The van der Waals surface area contributed by atoms with Gasteiger partial charge in [0.05, 0.1) is 29.1 Å². The summed E-state index contributed by atoms with van der Waals surface area (Å²) >= 11 is 11.9. The third-order valence-corrected chi connectivity index (χ3v) is 6.99. The van der Waals surface area contributed by atoms with Gasteiger partial charge in [0.2, 0.25) is 0 Å². The molecule has 9 nitrogen and oxygen atoms in total. The summed E-state index contributed by atoms with van der Waals surface area (Å²) in [6.45, 7) is 1.62. The minimum atomic E-state index is -4.61. The first-order valence-electron chi connectivity index (χ1n) is 10.6. The molecule has 12 heteroatoms. The minimum absolute atomic E-state index is 0.0194. The van der Waals surface area contributed by atoms with Crippen molar-refractivity contribution in [3.05, 3.63) is 81.8 Å². The van der Waals surface area contributed by atoms with Gasteiger partial charge in [0, 0.05) is 16.5 Å². The second-order valence-corrected chi connectivity index (χ2v) is 10.1. The van der Waals surface area contributed by atoms with Crippen LogP contribution >= 0.6 is 23.2 Å². The molecule has 0 radical (unpaired) electrons. The molecule has 190 valence electrons. The van der Waals surface area contributed by atoms with Crippen molar-refractivity contribution in [3.63, 3.8) is 0 Å². The predicted molar refractivity (Wildman–Crippen MR) is 142 cm³/mol. The zero-order chi connectivity index (χ0) is 26.9. The number of methoxy groups -OCH3 is 1. The second-order valence-electron chi connectivity index (χ2n) is 7.89. The highest BCUT2D eigenvalue weighted by Gasteiger charge is 2.21. The van der Waals surface area contributed by atoms with E-state index in [2.05, 4.69) is 15.5 Å². The van der Waals surface area contributed by atoms with Gasteiger partial charge in [-0.3, -0.25) is 9.35 Å². The lowest BCUT2D eigenvalue weighted by Gasteiger charge is -2.13. The fourth-order valence-corrected chi connectivity index (χ4v) is 4.84. The highest BCUT2D eigenvalue weighted by molar-refractivity contribution is 7.86. The van der Waals surface area contributed by atoms with Crippen molar-refractivity contribution in [2.45, 2.75) is 11.8 Å². The largest absolute Gasteiger partial charge is 0.505 e. The van der Waals surface area contributed by atoms with Crippen LogP contribution in [0.25, 0.3) is 10.8 Å². The van der Waals surface area contributed by atoms with Crippen molar-refractivity contribution in [1.29, 1.82) is 0 Å². The summed E-state index contributed by atoms with van der Waals surface area (Å²) in [5.41, 5.74) is 0.780. The molecule has 0 fully saturated rings. The normalized spacial score (nSPS) is 11.7. The number of benzene rings is 4. The molecule has 4 rings (SSSR count). The fraction of sp³-hybridized carbons (Fsp3) is 0.0800. The zero-order valence-corrected chi connectivity index (χ0v) is 21.7. The Balaban J connectivity index is 1.81. The molecule has 0 atom stereocenters. The monoisotopic (exact) mass is 559 g/mol. The number of hydrogen-bond donors (Lipinski definition) is 3. The Kier molecular flexibility index (Phi) is 7.37. The molecule has 0 bridgehead atoms. The number of rotatable bonds is 6. The Morgan fingerprint density at radius 1 is 1.03 bits per heavy atom. The lowest BCUT2D eigenvalue weighted by molar-refractivity contribution is 0.102. The van der Waals surface area contributed by atoms with Crippen LogP contribution in [0.15, 0.2) is 75.8 Å². The molecule has 0 aromatic heterocycles. The summed E-state index contributed by atoms with van der Waals surface area (Å²) in [6, 6.07) is 15.5. The molecule has 0 saturated carbocycles. The van der Waals surface area contributed by atoms with E-state index in [0.717, 1.165) is 6.07 Å². The smallest absolute Gasteiger partial charge is 0.296 e. The Labute approximate surface area is 222 Å². The third kappa shape index (κ3) is 5.52. The van der Waals surface area contributed by atoms with Crippen LogP contribution in [0.3, 0.4) is 0 Å². The molecule has 0 aliphatic heterocycles. The number of fused-ring (bicyclic) bond motifs is 1. The first-order valence-corrected chi connectivity index (χ1v) is 12.8. The van der Waals surface area contributed by atoms with Gasteiger partial charge in [0.25, 0.3) is 16.0 Å². The number of nitrogens with zero attached hydrogens (tertiary/aromatic N) is 2. The van der Waals surface area contributed by atoms with Gasteiger partial charge in [-0.05, 0) is 48.2 Å². The molecular formula is C25H19Cl2N3O6S. The summed E-state index contributed by atoms with van der Waals surface area (Å²) in [5, 5.41) is 23.3. The fourth-order valence-electron chi connectivity index (χ4n) is 3.60. The summed E-state index contributed by atoms with van der Waals surface area (Å²) in [5.74, 6) is -0.764. The summed E-state index contributed by atoms with van der Waals surface area (Å²) in [6.07, 6.45) is 0. The number of ether oxygens (including phenoxy) is 1. The number of halogens is 2. The number of carbonyl (C=O) groups excluding carboxylic acids is 1. The number of aromatic hydroxyl groups is 1. The Hall–Kier alpha value is -3.70. The van der Waals surface area contributed by atoms with Crippen molar-refractivity contribution in [1.82, 2.24) is 0 Å². The van der Waals surface area contributed by atoms with E-state index < -0.39 is 26.7 Å². The van der Waals surface area contributed by atoms with Gasteiger partial charge in [-0.1, -0.05) is 47.5 Å². The summed E-state index contributed by atoms with van der Waals surface area (Å²) in [4.78, 5) is 12.6. The maximum Gasteiger partial charge on any atom is 0.296 e. The van der Waals surface area contributed by atoms with Crippen LogP contribution in [-0.4, -0.2) is 31.1 Å². The van der Waals surface area contributed by atoms with Crippen LogP contribution in [0.4, 0.5) is 17.1 Å². The molecule has 0 unspecified atom stereocenters. The molecule has 37 heavy (non-hydrogen) atoms. The lowest BCUT2D eigenvalue weighted by atomic mass is 10.0. The first-order chi connectivity index (χ1) is 17.5. The van der Waals surface area contributed by atoms with Crippen molar-refractivity contribution >= 4 is 67.1 Å². The van der Waals surface area contributed by atoms with Crippen LogP contribution in [0.1, 0.15) is 15.9 Å². The van der Waals surface area contributed by atoms with Crippen LogP contribution < -0.4 is 10.1 Å². The van der Waals surface area contributed by atoms with E-state index >= 15 is 0 Å². The number of hydrogen-bond acceptors (Lipinski definition) is 7. The highest BCUT2D eigenvalue weighted by Crippen LogP contribution is 2.41. The van der Waals surface area contributed by atoms with Gasteiger partial charge in [-0.25, -0.2) is 0 Å². The van der Waals surface area contributed by atoms with Crippen LogP contribution in [0.5, 0.6) is 11.5 Å². The van der Waals surface area contributed by atoms with Crippen molar-refractivity contribution in [2.75, 3.05) is 12.4 Å². The highest BCUT2D eigenvalue weighted by atomic mass is 35.5. The lowest BCUT2D eigenvalue weighted by Crippen LogP contribution is -2.13.